The fraction of sp³-hybridized carbons (Fsp3) is 0.105. The van der Waals surface area contributed by atoms with Crippen molar-refractivity contribution < 1.29 is 5.11 Å². The van der Waals surface area contributed by atoms with Crippen molar-refractivity contribution in [2.75, 3.05) is 5.32 Å². The summed E-state index contributed by atoms with van der Waals surface area (Å²) in [6.07, 6.45) is 0.672. The van der Waals surface area contributed by atoms with Gasteiger partial charge >= 0.3 is 0 Å². The first-order valence-electron chi connectivity index (χ1n) is 8.02. The highest BCUT2D eigenvalue weighted by Crippen LogP contribution is 2.41. The van der Waals surface area contributed by atoms with Gasteiger partial charge in [0.2, 0.25) is 0 Å². The van der Waals surface area contributed by atoms with Crippen molar-refractivity contribution in [2.24, 2.45) is 5.73 Å². The predicted octanol–water partition coefficient (Wildman–Crippen LogP) is 3.37. The molecule has 0 bridgehead atoms. The summed E-state index contributed by atoms with van der Waals surface area (Å²) in [5.74, 6) is 0.197. The van der Waals surface area contributed by atoms with Crippen molar-refractivity contribution in [3.8, 4) is 16.9 Å². The first-order valence-corrected chi connectivity index (χ1v) is 8.90. The Bertz CT molecular complexity index is 1210. The molecule has 1 unspecified atom stereocenters. The van der Waals surface area contributed by atoms with Gasteiger partial charge in [0.15, 0.2) is 0 Å². The zero-order valence-corrected chi connectivity index (χ0v) is 14.0. The topological polar surface area (TPSA) is 91.1 Å². The number of phenols is 1. The molecule has 0 radical (unpaired) electrons. The number of anilines is 1. The van der Waals surface area contributed by atoms with Crippen molar-refractivity contribution in [1.29, 1.82) is 0 Å². The number of H-pyrrole nitrogens is 1. The van der Waals surface area contributed by atoms with Gasteiger partial charge in [0.1, 0.15) is 10.4 Å². The Morgan fingerprint density at radius 2 is 2.08 bits per heavy atom. The molecular formula is C19H15N3O2S. The van der Waals surface area contributed by atoms with Gasteiger partial charge in [-0.25, -0.2) is 0 Å². The van der Waals surface area contributed by atoms with Crippen LogP contribution < -0.4 is 16.6 Å². The van der Waals surface area contributed by atoms with E-state index in [0.29, 0.717) is 4.70 Å². The second-order valence-electron chi connectivity index (χ2n) is 6.33. The molecule has 4 aromatic rings. The average molecular weight is 349 g/mol. The van der Waals surface area contributed by atoms with Crippen molar-refractivity contribution in [3.05, 3.63) is 57.7 Å². The maximum Gasteiger partial charge on any atom is 0.266 e. The van der Waals surface area contributed by atoms with Gasteiger partial charge in [-0.2, -0.15) is 0 Å². The van der Waals surface area contributed by atoms with E-state index < -0.39 is 0 Å². The predicted molar refractivity (Wildman–Crippen MR) is 102 cm³/mol. The van der Waals surface area contributed by atoms with E-state index in [1.165, 1.54) is 11.3 Å². The van der Waals surface area contributed by atoms with Crippen LogP contribution in [0.2, 0.25) is 0 Å². The molecule has 2 aromatic carbocycles. The molecule has 1 aliphatic heterocycles. The zero-order valence-electron chi connectivity index (χ0n) is 13.2. The molecule has 5 rings (SSSR count). The van der Waals surface area contributed by atoms with E-state index in [9.17, 15) is 9.90 Å². The van der Waals surface area contributed by atoms with Crippen LogP contribution in [-0.2, 0) is 6.42 Å². The molecule has 5 N–H and O–H groups in total. The van der Waals surface area contributed by atoms with Gasteiger partial charge in [0.05, 0.1) is 6.17 Å². The fourth-order valence-electron chi connectivity index (χ4n) is 3.68. The summed E-state index contributed by atoms with van der Waals surface area (Å²) < 4.78 is 0.671. The molecule has 124 valence electrons. The Morgan fingerprint density at radius 1 is 1.20 bits per heavy atom. The zero-order chi connectivity index (χ0) is 17.1. The van der Waals surface area contributed by atoms with Crippen molar-refractivity contribution in [3.63, 3.8) is 0 Å². The first-order chi connectivity index (χ1) is 12.1. The number of nitrogens with two attached hydrogens (primary N) is 1. The van der Waals surface area contributed by atoms with E-state index in [1.54, 1.807) is 12.1 Å². The summed E-state index contributed by atoms with van der Waals surface area (Å²) in [5, 5.41) is 17.5. The van der Waals surface area contributed by atoms with E-state index in [2.05, 4.69) is 16.4 Å². The number of thiophene rings is 1. The maximum absolute atomic E-state index is 12.2. The third kappa shape index (κ3) is 2.08. The minimum Gasteiger partial charge on any atom is -0.507 e. The fourth-order valence-corrected chi connectivity index (χ4v) is 4.47. The minimum absolute atomic E-state index is 0.0775. The lowest BCUT2D eigenvalue weighted by molar-refractivity contribution is 0.478. The normalized spacial score (nSPS) is 16.3. The quantitative estimate of drug-likeness (QED) is 0.424. The number of phenolic OH excluding ortho intramolecular Hbond substituents is 1. The highest BCUT2D eigenvalue weighted by Gasteiger charge is 2.20. The molecule has 0 saturated heterocycles. The Labute approximate surface area is 146 Å². The highest BCUT2D eigenvalue weighted by atomic mass is 32.1. The Morgan fingerprint density at radius 3 is 2.96 bits per heavy atom. The van der Waals surface area contributed by atoms with Gasteiger partial charge in [0, 0.05) is 34.0 Å². The van der Waals surface area contributed by atoms with Crippen molar-refractivity contribution >= 4 is 38.0 Å². The minimum atomic E-state index is -0.0988. The lowest BCUT2D eigenvalue weighted by Crippen LogP contribution is -2.25. The van der Waals surface area contributed by atoms with Gasteiger partial charge in [-0.3, -0.25) is 4.79 Å². The summed E-state index contributed by atoms with van der Waals surface area (Å²) in [6, 6.07) is 11.3. The SMILES string of the molecule is NC1Cc2cc(-c3c(O)ccc4[nH]c(=O)c5sccc5c34)ccc2N1. The van der Waals surface area contributed by atoms with Crippen LogP contribution in [0.1, 0.15) is 5.56 Å². The number of rotatable bonds is 1. The third-order valence-electron chi connectivity index (χ3n) is 4.75. The van der Waals surface area contributed by atoms with Crippen LogP contribution in [-0.4, -0.2) is 16.3 Å². The number of fused-ring (bicyclic) bond motifs is 4. The number of nitrogens with one attached hydrogen (secondary N) is 2. The molecule has 3 heterocycles. The van der Waals surface area contributed by atoms with Crippen molar-refractivity contribution in [2.45, 2.75) is 12.6 Å². The van der Waals surface area contributed by atoms with Gasteiger partial charge in [-0.05, 0) is 46.8 Å². The van der Waals surface area contributed by atoms with Crippen LogP contribution in [0.4, 0.5) is 5.69 Å². The molecule has 0 saturated carbocycles. The second kappa shape index (κ2) is 5.08. The molecule has 5 nitrogen and oxygen atoms in total. The van der Waals surface area contributed by atoms with E-state index in [-0.39, 0.29) is 17.5 Å². The summed E-state index contributed by atoms with van der Waals surface area (Å²) in [6.45, 7) is 0. The number of pyridine rings is 1. The van der Waals surface area contributed by atoms with E-state index in [4.69, 9.17) is 5.73 Å². The summed E-state index contributed by atoms with van der Waals surface area (Å²) in [4.78, 5) is 15.2. The van der Waals surface area contributed by atoms with Crippen LogP contribution in [0, 0.1) is 0 Å². The van der Waals surface area contributed by atoms with Crippen molar-refractivity contribution in [1.82, 2.24) is 4.98 Å². The number of aromatic nitrogens is 1. The highest BCUT2D eigenvalue weighted by molar-refractivity contribution is 7.17. The molecule has 25 heavy (non-hydrogen) atoms. The van der Waals surface area contributed by atoms with E-state index in [1.807, 2.05) is 23.6 Å². The monoisotopic (exact) mass is 349 g/mol. The van der Waals surface area contributed by atoms with E-state index >= 15 is 0 Å². The van der Waals surface area contributed by atoms with Crippen LogP contribution in [0.5, 0.6) is 5.75 Å². The number of hydrogen-bond acceptors (Lipinski definition) is 5. The molecule has 1 aliphatic rings. The molecular weight excluding hydrogens is 334 g/mol. The number of hydrogen-bond donors (Lipinski definition) is 4. The van der Waals surface area contributed by atoms with Gasteiger partial charge < -0.3 is 21.1 Å². The molecule has 2 aromatic heterocycles. The molecule has 0 fully saturated rings. The number of benzene rings is 2. The maximum atomic E-state index is 12.2. The Kier molecular flexibility index (Phi) is 2.95. The van der Waals surface area contributed by atoms with Gasteiger partial charge in [-0.1, -0.05) is 6.07 Å². The first kappa shape index (κ1) is 14.5. The average Bonchev–Trinajstić information content (AvgIpc) is 3.20. The summed E-state index contributed by atoms with van der Waals surface area (Å²) >= 11 is 1.41. The van der Waals surface area contributed by atoms with E-state index in [0.717, 1.165) is 45.1 Å². The third-order valence-corrected chi connectivity index (χ3v) is 5.66. The largest absolute Gasteiger partial charge is 0.507 e. The Hall–Kier alpha value is -2.83. The molecule has 6 heteroatoms. The van der Waals surface area contributed by atoms with Gasteiger partial charge in [-0.15, -0.1) is 11.3 Å². The molecule has 0 aliphatic carbocycles. The van der Waals surface area contributed by atoms with Crippen LogP contribution in [0.15, 0.2) is 46.6 Å². The molecule has 0 amide bonds. The smallest absolute Gasteiger partial charge is 0.266 e. The number of aromatic hydroxyl groups is 1. The molecule has 1 atom stereocenters. The Balaban J connectivity index is 1.88. The lowest BCUT2D eigenvalue weighted by Gasteiger charge is -2.12. The van der Waals surface area contributed by atoms with Crippen LogP contribution in [0.25, 0.3) is 32.1 Å². The summed E-state index contributed by atoms with van der Waals surface area (Å²) in [5.41, 5.74) is 10.4. The lowest BCUT2D eigenvalue weighted by atomic mass is 9.95. The van der Waals surface area contributed by atoms with Crippen LogP contribution >= 0.6 is 11.3 Å². The molecule has 0 spiro atoms. The number of aromatic amines is 1. The van der Waals surface area contributed by atoms with Gasteiger partial charge in [0.25, 0.3) is 5.56 Å². The standard InChI is InChI=1S/C19H15N3O2S/c20-15-8-10-7-9(1-2-12(10)21-15)16-14(23)4-3-13-17(16)11-5-6-25-18(11)19(24)22-13/h1-7,15,21,23H,8,20H2,(H,22,24). The van der Waals surface area contributed by atoms with Crippen LogP contribution in [0.3, 0.4) is 0 Å². The second-order valence-corrected chi connectivity index (χ2v) is 7.24. The summed E-state index contributed by atoms with van der Waals surface area (Å²) in [7, 11) is 0.